The lowest BCUT2D eigenvalue weighted by Crippen LogP contribution is -2.72. The maximum absolute atomic E-state index is 16.9. The second-order valence-corrected chi connectivity index (χ2v) is 88.2. The fraction of sp³-hybridized carbons (Fsp3) is 0.898. The topological polar surface area (TPSA) is 219 Å². The summed E-state index contributed by atoms with van der Waals surface area (Å²) in [5, 5.41) is 12.1. The average molecular weight is 2080 g/mol. The molecule has 1 aromatic carbocycles. The van der Waals surface area contributed by atoms with Crippen LogP contribution in [-0.2, 0) is 94.0 Å². The molecule has 7 fully saturated rings. The van der Waals surface area contributed by atoms with E-state index in [1.807, 2.05) is 30.3 Å². The van der Waals surface area contributed by atoms with Crippen molar-refractivity contribution < 1.29 is 92.5 Å². The van der Waals surface area contributed by atoms with Crippen LogP contribution >= 0.6 is 0 Å². The molecule has 3 heterocycles. The molecule has 792 valence electrons. The molecule has 29 heteroatoms. The first-order chi connectivity index (χ1) is 65.1. The Morgan fingerprint density at radius 1 is 0.409 bits per heavy atom. The number of aliphatic carboxylic acids is 1. The predicted octanol–water partition coefficient (Wildman–Crippen LogP) is 28.5. The molecule has 9 rings (SSSR count). The Hall–Kier alpha value is -1.08. The fourth-order valence-electron chi connectivity index (χ4n) is 28.2. The van der Waals surface area contributed by atoms with Gasteiger partial charge in [0.1, 0.15) is 67.8 Å². The third-order valence-electron chi connectivity index (χ3n) is 40.8. The van der Waals surface area contributed by atoms with E-state index < -0.39 is 207 Å². The molecule has 3 aliphatic heterocycles. The molecule has 137 heavy (non-hydrogen) atoms. The highest BCUT2D eigenvalue weighted by Crippen LogP contribution is 2.77. The summed E-state index contributed by atoms with van der Waals surface area (Å²) in [6, 6.07) is 33.2. The molecule has 15 unspecified atom stereocenters. The molecule has 1 aromatic rings. The molecule has 0 amide bonds. The first-order valence-electron chi connectivity index (χ1n) is 56.6. The third-order valence-corrected chi connectivity index (χ3v) is 82.6. The lowest BCUT2D eigenvalue weighted by Gasteiger charge is -2.72. The van der Waals surface area contributed by atoms with E-state index in [9.17, 15) is 9.90 Å². The highest BCUT2D eigenvalue weighted by molar-refractivity contribution is 6.77. The average Bonchev–Trinajstić information content (AvgIpc) is 0.666. The molecule has 24 atom stereocenters. The van der Waals surface area contributed by atoms with E-state index in [-0.39, 0.29) is 48.4 Å². The van der Waals surface area contributed by atoms with E-state index in [1.165, 1.54) is 11.9 Å². The second kappa shape index (κ2) is 50.0. The number of esters is 1. The third kappa shape index (κ3) is 23.9. The summed E-state index contributed by atoms with van der Waals surface area (Å²) in [4.78, 5) is 47.6. The zero-order valence-electron chi connectivity index (χ0n) is 93.3. The number of fused-ring (bicyclic) bond motifs is 7. The number of hydrogen-bond donors (Lipinski definition) is 1. The van der Waals surface area contributed by atoms with E-state index in [4.69, 9.17) is 73.0 Å². The van der Waals surface area contributed by atoms with Crippen LogP contribution in [0.25, 0.3) is 0 Å². The molecule has 0 bridgehead atoms. The van der Waals surface area contributed by atoms with Gasteiger partial charge in [0, 0.05) is 0 Å². The number of benzene rings is 1. The van der Waals surface area contributed by atoms with E-state index in [2.05, 4.69) is 235 Å². The summed E-state index contributed by atoms with van der Waals surface area (Å²) < 4.78 is 130. The van der Waals surface area contributed by atoms with Crippen LogP contribution in [0.2, 0.25) is 163 Å². The van der Waals surface area contributed by atoms with Crippen LogP contribution in [0.5, 0.6) is 0 Å². The number of carboxylic acid groups (broad SMARTS) is 1. The van der Waals surface area contributed by atoms with Gasteiger partial charge in [-0.3, -0.25) is 4.79 Å². The SMILES string of the molecule is CC[Si](CC)(CC)OCC1OC(OC2C(O[C@@H]3OC[C@@H](O[Si](CC)(CC)CC)C(O[Si](CC)(CC)CC)C3O[Si](CC)(CC)CC)[C@H](O[Si](CC)(CC)CC)C(C(=O)OCc3ccccc3)O[C@H]2O[C@H]2CCC3(C)C(CC[C@]4(C)C3CC=C3C5CC(C)(C)CC[C@]5(C(=O)O)C(O[Si](CC)(CC)CC)CC34C)C2(C)C=O)[C@@H](O[Si](CC)(CC)CC)C(O[Si](CC)(CC)CC)[C@H]1O[Si](CC)(CC)CC. The van der Waals surface area contributed by atoms with Crippen LogP contribution in [0.4, 0.5) is 0 Å². The van der Waals surface area contributed by atoms with Crippen molar-refractivity contribution in [3.8, 4) is 0 Å². The van der Waals surface area contributed by atoms with Crippen molar-refractivity contribution in [3.05, 3.63) is 47.5 Å². The summed E-state index contributed by atoms with van der Waals surface area (Å²) in [6.45, 7) is 76.6. The van der Waals surface area contributed by atoms with Gasteiger partial charge in [-0.25, -0.2) is 4.79 Å². The molecular weight excluding hydrogens is 1870 g/mol. The zero-order valence-corrected chi connectivity index (χ0v) is 102. The lowest BCUT2D eigenvalue weighted by molar-refractivity contribution is -0.387. The van der Waals surface area contributed by atoms with Crippen LogP contribution in [0.15, 0.2) is 42.0 Å². The molecule has 1 N–H and O–H groups in total. The Bertz CT molecular complexity index is 3820. The summed E-state index contributed by atoms with van der Waals surface area (Å²) >= 11 is 0. The molecule has 0 aromatic heterocycles. The Morgan fingerprint density at radius 3 is 1.28 bits per heavy atom. The largest absolute Gasteiger partial charge is 0.481 e. The maximum atomic E-state index is 16.9. The fourth-order valence-corrected chi connectivity index (χ4v) is 53.6. The van der Waals surface area contributed by atoms with E-state index in [1.54, 1.807) is 0 Å². The summed E-state index contributed by atoms with van der Waals surface area (Å²) in [5.74, 6) is -1.66. The quantitative estimate of drug-likeness (QED) is 0.0211. The van der Waals surface area contributed by atoms with Crippen molar-refractivity contribution in [3.63, 3.8) is 0 Å². The van der Waals surface area contributed by atoms with Crippen LogP contribution in [0.1, 0.15) is 292 Å². The van der Waals surface area contributed by atoms with Gasteiger partial charge in [0.2, 0.25) is 0 Å². The van der Waals surface area contributed by atoms with Crippen molar-refractivity contribution in [2.45, 2.75) is 554 Å². The molecule has 8 aliphatic rings. The highest BCUT2D eigenvalue weighted by atomic mass is 28.4. The number of allylic oxidation sites excluding steroid dienone is 2. The Morgan fingerprint density at radius 2 is 0.825 bits per heavy atom. The number of rotatable bonds is 57. The molecule has 5 aliphatic carbocycles. The van der Waals surface area contributed by atoms with Crippen LogP contribution in [-0.4, -0.2) is 210 Å². The molecule has 4 saturated carbocycles. The smallest absolute Gasteiger partial charge is 0.338 e. The molecule has 20 nitrogen and oxygen atoms in total. The second-order valence-electron chi connectivity index (χ2n) is 45.6. The number of carbonyl (C=O) groups excluding carboxylic acids is 2. The summed E-state index contributed by atoms with van der Waals surface area (Å²) in [6.07, 6.45) is -5.66. The Labute approximate surface area is 845 Å². The number of carbonyl (C=O) groups is 3. The van der Waals surface area contributed by atoms with Crippen LogP contribution < -0.4 is 0 Å². The minimum absolute atomic E-state index is 0.0557. The van der Waals surface area contributed by atoms with Gasteiger partial charge in [0.05, 0.1) is 42.4 Å². The van der Waals surface area contributed by atoms with Crippen molar-refractivity contribution in [2.24, 2.45) is 50.2 Å². The van der Waals surface area contributed by atoms with Gasteiger partial charge in [-0.2, -0.15) is 0 Å². The minimum atomic E-state index is -3.00. The Balaban J connectivity index is 1.39. The van der Waals surface area contributed by atoms with Crippen LogP contribution in [0.3, 0.4) is 0 Å². The summed E-state index contributed by atoms with van der Waals surface area (Å²) in [5.41, 5.74) is -1.35. The minimum Gasteiger partial charge on any atom is -0.481 e. The number of ether oxygens (including phenoxy) is 7. The first-order valence-corrected chi connectivity index (χ1v) is 79.4. The van der Waals surface area contributed by atoms with Crippen molar-refractivity contribution in [1.29, 1.82) is 0 Å². The van der Waals surface area contributed by atoms with Gasteiger partial charge in [-0.15, -0.1) is 0 Å². The summed E-state index contributed by atoms with van der Waals surface area (Å²) in [7, 11) is -23.7. The van der Waals surface area contributed by atoms with Gasteiger partial charge in [-0.1, -0.05) is 270 Å². The molecule has 0 spiro atoms. The van der Waals surface area contributed by atoms with E-state index >= 15 is 9.59 Å². The van der Waals surface area contributed by atoms with E-state index in [0.29, 0.717) is 50.2 Å². The van der Waals surface area contributed by atoms with Gasteiger partial charge < -0.3 is 82.9 Å². The monoisotopic (exact) mass is 2070 g/mol. The number of hydrogen-bond acceptors (Lipinski definition) is 19. The Kier molecular flexibility index (Phi) is 43.6. The first kappa shape index (κ1) is 119. The number of aldehydes is 1. The van der Waals surface area contributed by atoms with Gasteiger partial charge in [0.25, 0.3) is 0 Å². The van der Waals surface area contributed by atoms with Gasteiger partial charge >= 0.3 is 11.9 Å². The van der Waals surface area contributed by atoms with Gasteiger partial charge in [0.15, 0.2) is 99.8 Å². The van der Waals surface area contributed by atoms with Gasteiger partial charge in [-0.05, 0) is 266 Å². The maximum Gasteiger partial charge on any atom is 0.338 e. The molecule has 3 saturated heterocycles. The van der Waals surface area contributed by atoms with Crippen molar-refractivity contribution in [1.82, 2.24) is 0 Å². The predicted molar refractivity (Wildman–Crippen MR) is 580 cm³/mol. The normalized spacial score (nSPS) is 33.7. The van der Waals surface area contributed by atoms with Crippen molar-refractivity contribution in [2.75, 3.05) is 13.2 Å². The van der Waals surface area contributed by atoms with E-state index in [0.717, 1.165) is 176 Å². The highest BCUT2D eigenvalue weighted by Gasteiger charge is 2.74. The molecule has 0 radical (unpaired) electrons. The lowest BCUT2D eigenvalue weighted by atomic mass is 9.33. The van der Waals surface area contributed by atoms with Crippen LogP contribution in [0, 0.1) is 50.2 Å². The standard InChI is InChI=1S/C108H204O20Si9/c1-34-129(35-2,36-3)115-78-83-89(123-132(43-10,44-11)45-12)92(125-134(49-16,50-17)51-18)97(128-137(58-25,59-26)60-27)101(116-83)120-95-91(118-99-96(127-136(55-22,56-23)57-24)90(124-133(46-13,47-14)48-15)84(77-114-99)121-130(37-4,38-5)39-6)93(126-135(52-19,53-20)54-21)94(98(110)113-76-80-64-62-61-63-65-80)119-100(95)117-87-69-70-104(30)85(105(87,31)79-109)68-71-106(32)86(104)67-66-81-82-74-103(28,29)72-73-108(82,102(111)112)88(75-107(81,106)33)122-131(40-7,41-8)42-9/h61-66,79,82-97,99-101H,34-60,67-78H2,1-33H3,(H,111,112)/t82?,83?,84-,85?,86?,87+,88?,89+,90?,91?,92?,93+,94?,95?,96?,97+,99+,100-,101?,104?,105?,106-,107?,108-/m1/s1. The van der Waals surface area contributed by atoms with Crippen molar-refractivity contribution >= 4 is 93.1 Å². The number of carboxylic acids is 1. The zero-order chi connectivity index (χ0) is 102. The molecular formula is C108H204O20Si9.